The first-order valence-corrected chi connectivity index (χ1v) is 6.68. The zero-order valence-electron chi connectivity index (χ0n) is 11.2. The van der Waals surface area contributed by atoms with Gasteiger partial charge in [0.2, 0.25) is 0 Å². The molecule has 2 N–H and O–H groups in total. The van der Waals surface area contributed by atoms with Crippen LogP contribution in [0.3, 0.4) is 0 Å². The summed E-state index contributed by atoms with van der Waals surface area (Å²) in [5, 5.41) is 3.38. The molecule has 0 aliphatic heterocycles. The minimum Gasteiger partial charge on any atom is -0.324 e. The Morgan fingerprint density at radius 3 is 1.81 bits per heavy atom. The van der Waals surface area contributed by atoms with Gasteiger partial charge in [0.05, 0.1) is 6.42 Å². The number of benzene rings is 3. The van der Waals surface area contributed by atoms with E-state index in [-0.39, 0.29) is 0 Å². The van der Waals surface area contributed by atoms with E-state index >= 15 is 0 Å². The maximum Gasteiger partial charge on any atom is 0.390 e. The third-order valence-corrected chi connectivity index (χ3v) is 3.64. The first-order chi connectivity index (χ1) is 9.96. The number of halogens is 3. The van der Waals surface area contributed by atoms with Crippen molar-refractivity contribution in [2.24, 2.45) is 5.73 Å². The summed E-state index contributed by atoms with van der Waals surface area (Å²) in [5.74, 6) is 0. The Morgan fingerprint density at radius 2 is 1.33 bits per heavy atom. The quantitative estimate of drug-likeness (QED) is 0.664. The molecule has 0 radical (unpaired) electrons. The lowest BCUT2D eigenvalue weighted by Gasteiger charge is -2.19. The molecule has 21 heavy (non-hydrogen) atoms. The van der Waals surface area contributed by atoms with Gasteiger partial charge in [-0.15, -0.1) is 0 Å². The monoisotopic (exact) mass is 289 g/mol. The normalized spacial score (nSPS) is 13.7. The predicted octanol–water partition coefficient (Wildman–Crippen LogP) is 4.95. The highest BCUT2D eigenvalue weighted by Crippen LogP contribution is 2.36. The van der Waals surface area contributed by atoms with E-state index in [1.165, 1.54) is 0 Å². The Morgan fingerprint density at radius 1 is 0.857 bits per heavy atom. The molecule has 0 fully saturated rings. The molecule has 0 saturated heterocycles. The van der Waals surface area contributed by atoms with Crippen LogP contribution in [0, 0.1) is 0 Å². The minimum absolute atomic E-state index is 0.570. The molecule has 0 heterocycles. The van der Waals surface area contributed by atoms with E-state index in [4.69, 9.17) is 5.73 Å². The summed E-state index contributed by atoms with van der Waals surface area (Å²) < 4.78 is 38.1. The summed E-state index contributed by atoms with van der Waals surface area (Å²) in [7, 11) is 0. The van der Waals surface area contributed by atoms with Crippen molar-refractivity contribution >= 4 is 21.5 Å². The lowest BCUT2D eigenvalue weighted by Crippen LogP contribution is -2.20. The van der Waals surface area contributed by atoms with Crippen molar-refractivity contribution < 1.29 is 13.2 Å². The highest BCUT2D eigenvalue weighted by Gasteiger charge is 2.32. The molecule has 0 aliphatic rings. The summed E-state index contributed by atoms with van der Waals surface area (Å²) in [6, 6.07) is 15.7. The van der Waals surface area contributed by atoms with Gasteiger partial charge in [0.15, 0.2) is 0 Å². The predicted molar refractivity (Wildman–Crippen MR) is 79.1 cm³/mol. The summed E-state index contributed by atoms with van der Waals surface area (Å²) in [6.07, 6.45) is -5.30. The van der Waals surface area contributed by atoms with E-state index in [0.29, 0.717) is 5.56 Å². The third kappa shape index (κ3) is 2.72. The Kier molecular flexibility index (Phi) is 3.33. The van der Waals surface area contributed by atoms with Gasteiger partial charge in [0.25, 0.3) is 0 Å². The fourth-order valence-electron chi connectivity index (χ4n) is 2.80. The SMILES string of the molecule is N[C@H](CC(F)(F)F)c1c2ccccc2cc2ccccc12. The second kappa shape index (κ2) is 5.04. The van der Waals surface area contributed by atoms with E-state index in [1.54, 1.807) is 0 Å². The van der Waals surface area contributed by atoms with Crippen LogP contribution in [0.15, 0.2) is 54.6 Å². The molecular formula is C17H14F3N. The zero-order chi connectivity index (χ0) is 15.0. The molecule has 3 aromatic rings. The van der Waals surface area contributed by atoms with Gasteiger partial charge in [-0.25, -0.2) is 0 Å². The first kappa shape index (κ1) is 13.9. The van der Waals surface area contributed by atoms with Crippen LogP contribution in [0.1, 0.15) is 18.0 Å². The smallest absolute Gasteiger partial charge is 0.324 e. The van der Waals surface area contributed by atoms with E-state index in [2.05, 4.69) is 0 Å². The Labute approximate surface area is 120 Å². The average Bonchev–Trinajstić information content (AvgIpc) is 2.42. The number of hydrogen-bond acceptors (Lipinski definition) is 1. The Hall–Kier alpha value is -2.07. The minimum atomic E-state index is -4.28. The van der Waals surface area contributed by atoms with Crippen molar-refractivity contribution in [1.29, 1.82) is 0 Å². The van der Waals surface area contributed by atoms with Gasteiger partial charge in [-0.1, -0.05) is 48.5 Å². The summed E-state index contributed by atoms with van der Waals surface area (Å²) in [4.78, 5) is 0. The van der Waals surface area contributed by atoms with Crippen molar-refractivity contribution in [2.45, 2.75) is 18.6 Å². The number of nitrogens with two attached hydrogens (primary N) is 1. The maximum absolute atomic E-state index is 12.7. The Balaban J connectivity index is 2.30. The number of hydrogen-bond donors (Lipinski definition) is 1. The highest BCUT2D eigenvalue weighted by atomic mass is 19.4. The number of fused-ring (bicyclic) bond motifs is 2. The Bertz CT molecular complexity index is 739. The molecule has 0 amide bonds. The van der Waals surface area contributed by atoms with Gasteiger partial charge in [0, 0.05) is 6.04 Å². The molecular weight excluding hydrogens is 275 g/mol. The summed E-state index contributed by atoms with van der Waals surface area (Å²) in [6.45, 7) is 0. The van der Waals surface area contributed by atoms with Crippen LogP contribution in [0.4, 0.5) is 13.2 Å². The van der Waals surface area contributed by atoms with Gasteiger partial charge in [-0.3, -0.25) is 0 Å². The van der Waals surface area contributed by atoms with Crippen LogP contribution in [-0.2, 0) is 0 Å². The zero-order valence-corrected chi connectivity index (χ0v) is 11.2. The third-order valence-electron chi connectivity index (χ3n) is 3.64. The molecule has 3 rings (SSSR count). The molecule has 3 aromatic carbocycles. The van der Waals surface area contributed by atoms with Crippen LogP contribution in [0.25, 0.3) is 21.5 Å². The molecule has 1 nitrogen and oxygen atoms in total. The molecule has 0 aromatic heterocycles. The summed E-state index contributed by atoms with van der Waals surface area (Å²) in [5.41, 5.74) is 6.46. The molecule has 0 unspecified atom stereocenters. The van der Waals surface area contributed by atoms with E-state index < -0.39 is 18.6 Å². The van der Waals surface area contributed by atoms with E-state index in [9.17, 15) is 13.2 Å². The van der Waals surface area contributed by atoms with Gasteiger partial charge in [-0.2, -0.15) is 13.2 Å². The number of rotatable bonds is 2. The van der Waals surface area contributed by atoms with Crippen molar-refractivity contribution in [3.05, 3.63) is 60.2 Å². The van der Waals surface area contributed by atoms with Crippen LogP contribution in [-0.4, -0.2) is 6.18 Å². The maximum atomic E-state index is 12.7. The topological polar surface area (TPSA) is 26.0 Å². The van der Waals surface area contributed by atoms with Crippen LogP contribution in [0.5, 0.6) is 0 Å². The first-order valence-electron chi connectivity index (χ1n) is 6.68. The number of alkyl halides is 3. The molecule has 108 valence electrons. The fourth-order valence-corrected chi connectivity index (χ4v) is 2.80. The largest absolute Gasteiger partial charge is 0.390 e. The second-order valence-electron chi connectivity index (χ2n) is 5.16. The van der Waals surface area contributed by atoms with E-state index in [0.717, 1.165) is 21.5 Å². The van der Waals surface area contributed by atoms with Gasteiger partial charge in [-0.05, 0) is 33.2 Å². The van der Waals surface area contributed by atoms with Crippen molar-refractivity contribution in [1.82, 2.24) is 0 Å². The standard InChI is InChI=1S/C17H14F3N/c18-17(19,20)10-15(21)16-13-7-3-1-5-11(13)9-12-6-2-4-8-14(12)16/h1-9,15H,10,21H2/t15-/m1/s1. The van der Waals surface area contributed by atoms with E-state index in [1.807, 2.05) is 54.6 Å². The molecule has 1 atom stereocenters. The fraction of sp³-hybridized carbons (Fsp3) is 0.176. The van der Waals surface area contributed by atoms with Crippen molar-refractivity contribution in [3.8, 4) is 0 Å². The van der Waals surface area contributed by atoms with Crippen LogP contribution in [0.2, 0.25) is 0 Å². The van der Waals surface area contributed by atoms with Crippen molar-refractivity contribution in [3.63, 3.8) is 0 Å². The van der Waals surface area contributed by atoms with Crippen LogP contribution < -0.4 is 5.73 Å². The summed E-state index contributed by atoms with van der Waals surface area (Å²) >= 11 is 0. The van der Waals surface area contributed by atoms with Gasteiger partial charge in [0.1, 0.15) is 0 Å². The molecule has 4 heteroatoms. The molecule has 0 spiro atoms. The second-order valence-corrected chi connectivity index (χ2v) is 5.16. The van der Waals surface area contributed by atoms with Crippen molar-refractivity contribution in [2.75, 3.05) is 0 Å². The average molecular weight is 289 g/mol. The highest BCUT2D eigenvalue weighted by molar-refractivity contribution is 6.02. The lowest BCUT2D eigenvalue weighted by molar-refractivity contribution is -0.138. The lowest BCUT2D eigenvalue weighted by atomic mass is 9.91. The molecule has 0 aliphatic carbocycles. The van der Waals surface area contributed by atoms with Gasteiger partial charge < -0.3 is 5.73 Å². The van der Waals surface area contributed by atoms with Crippen LogP contribution >= 0.6 is 0 Å². The molecule has 0 bridgehead atoms. The van der Waals surface area contributed by atoms with Gasteiger partial charge >= 0.3 is 6.18 Å². The molecule has 0 saturated carbocycles.